The van der Waals surface area contributed by atoms with Crippen molar-refractivity contribution in [3.05, 3.63) is 36.5 Å². The van der Waals surface area contributed by atoms with Crippen LogP contribution in [0.3, 0.4) is 0 Å². The average Bonchev–Trinajstić information content (AvgIpc) is 3.33. The van der Waals surface area contributed by atoms with Crippen molar-refractivity contribution in [2.24, 2.45) is 0 Å². The highest BCUT2D eigenvalue weighted by Crippen LogP contribution is 2.17. The summed E-state index contributed by atoms with van der Waals surface area (Å²) in [4.78, 5) is 24.5. The van der Waals surface area contributed by atoms with E-state index in [0.29, 0.717) is 19.4 Å². The van der Waals surface area contributed by atoms with E-state index in [9.17, 15) is 19.8 Å². The van der Waals surface area contributed by atoms with Gasteiger partial charge in [0.2, 0.25) is 5.91 Å². The maximum Gasteiger partial charge on any atom is 0.305 e. The Morgan fingerprint density at radius 3 is 1.13 bits per heavy atom. The summed E-state index contributed by atoms with van der Waals surface area (Å²) >= 11 is 0. The average molecular weight is 943 g/mol. The highest BCUT2D eigenvalue weighted by molar-refractivity contribution is 5.76. The molecule has 394 valence electrons. The molecule has 2 atom stereocenters. The van der Waals surface area contributed by atoms with Gasteiger partial charge >= 0.3 is 5.97 Å². The molecular weight excluding hydrogens is 827 g/mol. The second kappa shape index (κ2) is 56.7. The number of aliphatic hydroxyl groups is 2. The van der Waals surface area contributed by atoms with Crippen LogP contribution in [0, 0.1) is 0 Å². The molecule has 0 aliphatic rings. The smallest absolute Gasteiger partial charge is 0.305 e. The highest BCUT2D eigenvalue weighted by Gasteiger charge is 2.18. The third kappa shape index (κ3) is 53.3. The number of aliphatic hydroxyl groups excluding tert-OH is 2. The molecule has 0 bridgehead atoms. The summed E-state index contributed by atoms with van der Waals surface area (Å²) in [6, 6.07) is -0.640. The zero-order valence-corrected chi connectivity index (χ0v) is 44.9. The van der Waals surface area contributed by atoms with Gasteiger partial charge in [0.05, 0.1) is 25.4 Å². The molecule has 6 nitrogen and oxygen atoms in total. The Kier molecular flexibility index (Phi) is 55.0. The second-order valence-corrected chi connectivity index (χ2v) is 20.3. The normalized spacial score (nSPS) is 12.8. The molecule has 2 unspecified atom stereocenters. The molecule has 0 saturated heterocycles. The standard InChI is InChI=1S/C61H115NO5/c1-3-5-7-9-11-13-15-17-19-22-25-29-33-37-41-45-49-53-59(64)58(57-63)62-60(65)54-50-46-42-38-34-30-26-23-21-24-28-32-36-40-44-48-52-56-67-61(66)55-51-47-43-39-35-31-27-20-18-16-14-12-10-8-6-4-2/h21,24,32,36,49,53,58-59,63-64H,3-20,22-23,25-31,33-35,37-48,50-52,54-57H2,1-2H3,(H,62,65)/b24-21-,36-32-,53-49+. The van der Waals surface area contributed by atoms with Crippen molar-refractivity contribution in [2.45, 2.75) is 328 Å². The number of amides is 1. The summed E-state index contributed by atoms with van der Waals surface area (Å²) < 4.78 is 5.46. The molecule has 0 aromatic rings. The molecular formula is C61H115NO5. The van der Waals surface area contributed by atoms with Crippen LogP contribution in [0.1, 0.15) is 316 Å². The number of carbonyl (C=O) groups excluding carboxylic acids is 2. The van der Waals surface area contributed by atoms with Gasteiger partial charge in [0.25, 0.3) is 0 Å². The number of rotatable bonds is 55. The highest BCUT2D eigenvalue weighted by atomic mass is 16.5. The van der Waals surface area contributed by atoms with Crippen molar-refractivity contribution < 1.29 is 24.5 Å². The molecule has 6 heteroatoms. The van der Waals surface area contributed by atoms with Crippen LogP contribution in [0.5, 0.6) is 0 Å². The van der Waals surface area contributed by atoms with E-state index >= 15 is 0 Å². The molecule has 1 amide bonds. The minimum atomic E-state index is -0.855. The minimum Gasteiger partial charge on any atom is -0.466 e. The summed E-state index contributed by atoms with van der Waals surface area (Å²) in [5.41, 5.74) is 0. The number of hydrogen-bond donors (Lipinski definition) is 3. The third-order valence-corrected chi connectivity index (χ3v) is 13.7. The van der Waals surface area contributed by atoms with Gasteiger partial charge in [0, 0.05) is 12.8 Å². The van der Waals surface area contributed by atoms with Gasteiger partial charge in [-0.1, -0.05) is 269 Å². The first-order chi connectivity index (χ1) is 33.0. The molecule has 0 aliphatic heterocycles. The maximum atomic E-state index is 12.5. The number of ether oxygens (including phenoxy) is 1. The van der Waals surface area contributed by atoms with Gasteiger partial charge in [-0.15, -0.1) is 0 Å². The lowest BCUT2D eigenvalue weighted by atomic mass is 10.0. The van der Waals surface area contributed by atoms with Crippen LogP contribution in [0.4, 0.5) is 0 Å². The Hall–Kier alpha value is -1.92. The lowest BCUT2D eigenvalue weighted by molar-refractivity contribution is -0.143. The van der Waals surface area contributed by atoms with Crippen LogP contribution >= 0.6 is 0 Å². The van der Waals surface area contributed by atoms with Gasteiger partial charge in [-0.05, 0) is 70.6 Å². The van der Waals surface area contributed by atoms with Crippen LogP contribution in [-0.2, 0) is 14.3 Å². The van der Waals surface area contributed by atoms with Gasteiger partial charge in [0.15, 0.2) is 0 Å². The molecule has 0 saturated carbocycles. The Morgan fingerprint density at radius 2 is 0.746 bits per heavy atom. The Labute approximate surface area is 417 Å². The number of unbranched alkanes of at least 4 members (excludes halogenated alkanes) is 40. The van der Waals surface area contributed by atoms with Crippen molar-refractivity contribution in [1.82, 2.24) is 5.32 Å². The maximum absolute atomic E-state index is 12.5. The number of nitrogens with one attached hydrogen (secondary N) is 1. The summed E-state index contributed by atoms with van der Waals surface area (Å²) in [6.45, 7) is 4.88. The van der Waals surface area contributed by atoms with Crippen LogP contribution in [0.25, 0.3) is 0 Å². The Balaban J connectivity index is 3.51. The molecule has 0 spiro atoms. The van der Waals surface area contributed by atoms with E-state index in [1.807, 2.05) is 6.08 Å². The van der Waals surface area contributed by atoms with Crippen LogP contribution in [0.15, 0.2) is 36.5 Å². The first kappa shape index (κ1) is 65.1. The molecule has 0 radical (unpaired) electrons. The minimum absolute atomic E-state index is 0.0130. The van der Waals surface area contributed by atoms with E-state index in [1.165, 1.54) is 205 Å². The molecule has 0 rings (SSSR count). The topological polar surface area (TPSA) is 95.9 Å². The molecule has 3 N–H and O–H groups in total. The fourth-order valence-corrected chi connectivity index (χ4v) is 9.08. The molecule has 0 aromatic carbocycles. The van der Waals surface area contributed by atoms with Crippen LogP contribution in [-0.4, -0.2) is 47.4 Å². The van der Waals surface area contributed by atoms with Crippen molar-refractivity contribution in [2.75, 3.05) is 13.2 Å². The van der Waals surface area contributed by atoms with Crippen LogP contribution < -0.4 is 5.32 Å². The third-order valence-electron chi connectivity index (χ3n) is 13.7. The molecule has 0 fully saturated rings. The monoisotopic (exact) mass is 942 g/mol. The van der Waals surface area contributed by atoms with Crippen molar-refractivity contribution in [3.63, 3.8) is 0 Å². The van der Waals surface area contributed by atoms with Gasteiger partial charge in [-0.25, -0.2) is 0 Å². The number of hydrogen-bond acceptors (Lipinski definition) is 5. The molecule has 67 heavy (non-hydrogen) atoms. The summed E-state index contributed by atoms with van der Waals surface area (Å²) in [5, 5.41) is 23.1. The predicted molar refractivity (Wildman–Crippen MR) is 292 cm³/mol. The van der Waals surface area contributed by atoms with Crippen LogP contribution in [0.2, 0.25) is 0 Å². The van der Waals surface area contributed by atoms with E-state index < -0.39 is 12.1 Å². The van der Waals surface area contributed by atoms with Gasteiger partial charge in [0.1, 0.15) is 0 Å². The molecule has 0 aromatic heterocycles. The predicted octanol–water partition coefficient (Wildman–Crippen LogP) is 18.4. The van der Waals surface area contributed by atoms with E-state index in [4.69, 9.17) is 4.74 Å². The first-order valence-corrected chi connectivity index (χ1v) is 29.8. The first-order valence-electron chi connectivity index (χ1n) is 29.8. The lowest BCUT2D eigenvalue weighted by Gasteiger charge is -2.20. The zero-order valence-electron chi connectivity index (χ0n) is 44.9. The van der Waals surface area contributed by atoms with E-state index in [-0.39, 0.29) is 18.5 Å². The van der Waals surface area contributed by atoms with Crippen molar-refractivity contribution >= 4 is 11.9 Å². The van der Waals surface area contributed by atoms with Gasteiger partial charge in [-0.2, -0.15) is 0 Å². The second-order valence-electron chi connectivity index (χ2n) is 20.3. The molecule has 0 aliphatic carbocycles. The number of esters is 1. The quantitative estimate of drug-likeness (QED) is 0.0321. The summed E-state index contributed by atoms with van der Waals surface area (Å²) in [6.07, 6.45) is 70.3. The van der Waals surface area contributed by atoms with E-state index in [0.717, 1.165) is 83.5 Å². The molecule has 0 heterocycles. The van der Waals surface area contributed by atoms with E-state index in [1.54, 1.807) is 6.08 Å². The lowest BCUT2D eigenvalue weighted by Crippen LogP contribution is -2.45. The zero-order chi connectivity index (χ0) is 48.6. The van der Waals surface area contributed by atoms with Gasteiger partial charge in [-0.3, -0.25) is 9.59 Å². The fraction of sp³-hybridized carbons (Fsp3) is 0.869. The van der Waals surface area contributed by atoms with E-state index in [2.05, 4.69) is 43.5 Å². The Morgan fingerprint density at radius 1 is 0.418 bits per heavy atom. The van der Waals surface area contributed by atoms with Crippen molar-refractivity contribution in [1.29, 1.82) is 0 Å². The number of carbonyl (C=O) groups is 2. The van der Waals surface area contributed by atoms with Gasteiger partial charge < -0.3 is 20.3 Å². The summed E-state index contributed by atoms with van der Waals surface area (Å²) in [5.74, 6) is -0.0956. The SMILES string of the molecule is CCCCCCCCCCCCCCCCC/C=C/C(O)C(CO)NC(=O)CCCCCCCCC/C=C\C/C=C\CCCCCOC(=O)CCCCCCCCCCCCCCCCCC. The van der Waals surface area contributed by atoms with Crippen molar-refractivity contribution in [3.8, 4) is 0 Å². The summed E-state index contributed by atoms with van der Waals surface area (Å²) in [7, 11) is 0. The number of allylic oxidation sites excluding steroid dienone is 5. The Bertz CT molecular complexity index is 1090. The fourth-order valence-electron chi connectivity index (χ4n) is 9.08. The largest absolute Gasteiger partial charge is 0.466 e.